The maximum absolute atomic E-state index is 7.46. The van der Waals surface area contributed by atoms with E-state index in [2.05, 4.69) is 97.1 Å². The fourth-order valence-corrected chi connectivity index (χ4v) is 18.2. The maximum atomic E-state index is 7.46. The average Bonchev–Trinajstić information content (AvgIpc) is 3.53. The molecule has 0 unspecified atom stereocenters. The van der Waals surface area contributed by atoms with Gasteiger partial charge in [-0.1, -0.05) is 0 Å². The molecule has 8 aromatic carbocycles. The van der Waals surface area contributed by atoms with Gasteiger partial charge in [-0.15, -0.1) is 0 Å². The summed E-state index contributed by atoms with van der Waals surface area (Å²) in [5, 5.41) is -0.841. The Morgan fingerprint density at radius 3 is 0.675 bits per heavy atom. The fraction of sp³-hybridized carbons (Fsp3) is 0.294. The molecular formula is C68H70O10Se2. The molecule has 0 aromatic heterocycles. The van der Waals surface area contributed by atoms with Gasteiger partial charge in [0.25, 0.3) is 0 Å². The van der Waals surface area contributed by atoms with Crippen molar-refractivity contribution in [2.75, 3.05) is 13.2 Å². The molecule has 10 nitrogen and oxygen atoms in total. The van der Waals surface area contributed by atoms with Crippen LogP contribution in [0.4, 0.5) is 0 Å². The van der Waals surface area contributed by atoms with E-state index in [-0.39, 0.29) is 39.5 Å². The fourth-order valence-electron chi connectivity index (χ4n) is 9.76. The second-order valence-electron chi connectivity index (χ2n) is 19.8. The van der Waals surface area contributed by atoms with Crippen molar-refractivity contribution in [1.82, 2.24) is 0 Å². The third kappa shape index (κ3) is 17.5. The Balaban J connectivity index is 1.00. The van der Waals surface area contributed by atoms with E-state index in [0.717, 1.165) is 44.5 Å². The minimum atomic E-state index is -0.563. The summed E-state index contributed by atoms with van der Waals surface area (Å²) in [5.41, 5.74) is 8.42. The standard InChI is InChI=1S/C68H70O10Se2/c1-9-25-51(26-10-1)41-69-49-59-61(71-43-53-29-13-3-14-30-53)63(73-45-55-33-17-5-18-34-55)65(75-47-57-37-21-7-22-38-57)67(77-59)79-80-68-66(76-48-58-39-23-8-24-40-58)64(74-46-56-35-19-6-20-36-56)62(72-44-54-31-15-4-16-32-54)60(78-68)50-70-42-52-27-11-2-12-28-52/h1-40,59-68H,41-50H2/t59-,60-,61-,62-,63+,64+,65-,66-,67-,68-/m1/s1. The number of benzene rings is 8. The van der Waals surface area contributed by atoms with Crippen molar-refractivity contribution < 1.29 is 47.4 Å². The average molecular weight is 1210 g/mol. The summed E-state index contributed by atoms with van der Waals surface area (Å²) in [5.74, 6) is 0. The van der Waals surface area contributed by atoms with Crippen LogP contribution in [0.5, 0.6) is 0 Å². The second kappa shape index (κ2) is 31.6. The summed E-state index contributed by atoms with van der Waals surface area (Å²) in [7, 11) is 0. The van der Waals surface area contributed by atoms with Crippen molar-refractivity contribution in [3.8, 4) is 0 Å². The van der Waals surface area contributed by atoms with Crippen LogP contribution in [-0.4, -0.2) is 98.3 Å². The van der Waals surface area contributed by atoms with E-state index in [1.165, 1.54) is 0 Å². The summed E-state index contributed by atoms with van der Waals surface area (Å²) >= 11 is -0.554. The SMILES string of the molecule is c1ccc(COC[C@H]2O[C@H]([Se][Se][C@H]3O[C@H](COCc4ccccc4)[C@@H](OCc4ccccc4)[C@H](OCc4ccccc4)[C@H]3OCc3ccccc3)[C@H](OCc3ccccc3)[C@@H](OCc3ccccc3)[C@@H]2OCc2ccccc2)cc1. The predicted octanol–water partition coefficient (Wildman–Crippen LogP) is 11.7. The second-order valence-corrected chi connectivity index (χ2v) is 26.8. The van der Waals surface area contributed by atoms with Crippen molar-refractivity contribution in [3.63, 3.8) is 0 Å². The van der Waals surface area contributed by atoms with Crippen LogP contribution in [0.15, 0.2) is 243 Å². The molecule has 2 aliphatic rings. The normalized spacial score (nSPS) is 22.9. The van der Waals surface area contributed by atoms with Gasteiger partial charge in [0, 0.05) is 0 Å². The summed E-state index contributed by atoms with van der Waals surface area (Å²) in [6, 6.07) is 82.1. The topological polar surface area (TPSA) is 92.3 Å². The minimum absolute atomic E-state index is 0.268. The Morgan fingerprint density at radius 2 is 0.438 bits per heavy atom. The Kier molecular flexibility index (Phi) is 22.7. The van der Waals surface area contributed by atoms with Gasteiger partial charge in [-0.3, -0.25) is 0 Å². The van der Waals surface area contributed by atoms with Crippen LogP contribution in [0, 0.1) is 0 Å². The predicted molar refractivity (Wildman–Crippen MR) is 311 cm³/mol. The molecule has 2 aliphatic heterocycles. The molecule has 0 saturated carbocycles. The quantitative estimate of drug-likeness (QED) is 0.0422. The Bertz CT molecular complexity index is 2720. The first-order valence-electron chi connectivity index (χ1n) is 27.5. The molecule has 0 radical (unpaired) electrons. The van der Waals surface area contributed by atoms with Gasteiger partial charge in [0.2, 0.25) is 0 Å². The zero-order valence-corrected chi connectivity index (χ0v) is 48.3. The molecule has 8 aromatic rings. The van der Waals surface area contributed by atoms with Gasteiger partial charge in [-0.2, -0.15) is 0 Å². The van der Waals surface area contributed by atoms with E-state index >= 15 is 0 Å². The molecule has 2 saturated heterocycles. The van der Waals surface area contributed by atoms with Gasteiger partial charge in [-0.05, 0) is 0 Å². The first-order valence-corrected chi connectivity index (χ1v) is 33.8. The van der Waals surface area contributed by atoms with E-state index in [9.17, 15) is 0 Å². The van der Waals surface area contributed by atoms with Crippen molar-refractivity contribution in [1.29, 1.82) is 0 Å². The van der Waals surface area contributed by atoms with Gasteiger partial charge in [0.05, 0.1) is 0 Å². The zero-order valence-electron chi connectivity index (χ0n) is 44.8. The summed E-state index contributed by atoms with van der Waals surface area (Å²) in [6.07, 6.45) is -4.36. The van der Waals surface area contributed by atoms with E-state index in [1.807, 2.05) is 146 Å². The van der Waals surface area contributed by atoms with Crippen molar-refractivity contribution in [2.24, 2.45) is 0 Å². The molecule has 80 heavy (non-hydrogen) atoms. The molecule has 0 aliphatic carbocycles. The molecule has 2 fully saturated rings. The third-order valence-electron chi connectivity index (χ3n) is 13.9. The molecule has 0 N–H and O–H groups in total. The van der Waals surface area contributed by atoms with E-state index < -0.39 is 58.8 Å². The van der Waals surface area contributed by atoms with Gasteiger partial charge in [0.1, 0.15) is 0 Å². The number of rotatable bonds is 29. The molecule has 0 bridgehead atoms. The number of hydrogen-bond acceptors (Lipinski definition) is 10. The van der Waals surface area contributed by atoms with Gasteiger partial charge >= 0.3 is 486 Å². The van der Waals surface area contributed by atoms with Crippen LogP contribution in [0.3, 0.4) is 0 Å². The number of ether oxygens (including phenoxy) is 10. The van der Waals surface area contributed by atoms with Gasteiger partial charge < -0.3 is 0 Å². The van der Waals surface area contributed by atoms with Gasteiger partial charge in [-0.25, -0.2) is 0 Å². The molecule has 2 heterocycles. The summed E-state index contributed by atoms with van der Waals surface area (Å²) < 4.78 is 71.0. The zero-order chi connectivity index (χ0) is 54.2. The Morgan fingerprint density at radius 1 is 0.237 bits per heavy atom. The molecule has 414 valence electrons. The molecular weight excluding hydrogens is 1130 g/mol. The monoisotopic (exact) mass is 1210 g/mol. The van der Waals surface area contributed by atoms with Crippen LogP contribution in [0.1, 0.15) is 44.5 Å². The van der Waals surface area contributed by atoms with Gasteiger partial charge in [0.15, 0.2) is 0 Å². The first-order chi connectivity index (χ1) is 39.7. The summed E-state index contributed by atoms with van der Waals surface area (Å²) in [6.45, 7) is 3.45. The van der Waals surface area contributed by atoms with Crippen LogP contribution in [0.2, 0.25) is 0 Å². The van der Waals surface area contributed by atoms with Crippen LogP contribution < -0.4 is 0 Å². The van der Waals surface area contributed by atoms with Crippen molar-refractivity contribution in [2.45, 2.75) is 112 Å². The summed E-state index contributed by atoms with van der Waals surface area (Å²) in [4.78, 5) is 0. The molecule has 0 amide bonds. The first kappa shape index (κ1) is 57.6. The molecule has 10 rings (SSSR count). The van der Waals surface area contributed by atoms with Crippen LogP contribution >= 0.6 is 0 Å². The van der Waals surface area contributed by atoms with E-state index in [1.54, 1.807) is 0 Å². The molecule has 10 atom stereocenters. The van der Waals surface area contributed by atoms with Crippen molar-refractivity contribution >= 4 is 26.3 Å². The van der Waals surface area contributed by atoms with Crippen LogP contribution in [0.25, 0.3) is 0 Å². The molecule has 0 spiro atoms. The Labute approximate surface area is 482 Å². The van der Waals surface area contributed by atoms with E-state index in [0.29, 0.717) is 52.9 Å². The van der Waals surface area contributed by atoms with Crippen LogP contribution in [-0.2, 0) is 100 Å². The van der Waals surface area contributed by atoms with E-state index in [4.69, 9.17) is 47.4 Å². The third-order valence-corrected chi connectivity index (χ3v) is 21.9. The number of hydrogen-bond donors (Lipinski definition) is 0. The van der Waals surface area contributed by atoms with Crippen molar-refractivity contribution in [3.05, 3.63) is 287 Å². The molecule has 12 heteroatoms. The Hall–Kier alpha value is -5.60.